The Labute approximate surface area is 213 Å². The van der Waals surface area contributed by atoms with E-state index in [1.54, 1.807) is 0 Å². The first-order valence-electron chi connectivity index (χ1n) is 13.3. The number of hydrogen-bond donors (Lipinski definition) is 3. The summed E-state index contributed by atoms with van der Waals surface area (Å²) in [7, 11) is 1.00. The first-order chi connectivity index (χ1) is 16.4. The van der Waals surface area contributed by atoms with Gasteiger partial charge in [0.05, 0.1) is 32.0 Å². The minimum absolute atomic E-state index is 0. The van der Waals surface area contributed by atoms with Gasteiger partial charge >= 0.3 is 0 Å². The fourth-order valence-corrected chi connectivity index (χ4v) is 5.14. The first-order valence-corrected chi connectivity index (χ1v) is 13.3. The fraction of sp³-hybridized carbons (Fsp3) is 0.929. The molecule has 35 heavy (non-hydrogen) atoms. The van der Waals surface area contributed by atoms with Gasteiger partial charge < -0.3 is 34.3 Å². The third-order valence-corrected chi connectivity index (χ3v) is 7.35. The molecule has 4 aliphatic rings. The average molecular weight is 501 g/mol. The maximum absolute atomic E-state index is 10.4. The van der Waals surface area contributed by atoms with E-state index in [-0.39, 0.29) is 13.2 Å². The van der Waals surface area contributed by atoms with Gasteiger partial charge in [0.2, 0.25) is 0 Å². The van der Waals surface area contributed by atoms with E-state index in [0.717, 1.165) is 71.3 Å². The van der Waals surface area contributed by atoms with Gasteiger partial charge in [0.1, 0.15) is 5.60 Å². The molecule has 0 amide bonds. The molecule has 7 heteroatoms. The van der Waals surface area contributed by atoms with Crippen molar-refractivity contribution in [2.75, 3.05) is 33.5 Å². The summed E-state index contributed by atoms with van der Waals surface area (Å²) < 4.78 is 22.6. The SMILES string of the molecule is C.CCCC#CC1(O)CCC2(CC1)OCCO2.CCCCCC1(O)CCC2(CC1)OCCO2.CO. The molecule has 2 spiro atoms. The van der Waals surface area contributed by atoms with Gasteiger partial charge in [-0.25, -0.2) is 0 Å². The Bertz CT molecular complexity index is 607. The molecular formula is C28H52O7. The van der Waals surface area contributed by atoms with Crippen LogP contribution in [0.2, 0.25) is 0 Å². The minimum atomic E-state index is -0.810. The third-order valence-electron chi connectivity index (χ3n) is 7.35. The van der Waals surface area contributed by atoms with Crippen molar-refractivity contribution >= 4 is 0 Å². The van der Waals surface area contributed by atoms with Crippen LogP contribution in [0.5, 0.6) is 0 Å². The van der Waals surface area contributed by atoms with Crippen molar-refractivity contribution in [3.05, 3.63) is 0 Å². The zero-order valence-corrected chi connectivity index (χ0v) is 21.7. The van der Waals surface area contributed by atoms with E-state index in [1.807, 2.05) is 0 Å². The van der Waals surface area contributed by atoms with E-state index in [9.17, 15) is 10.2 Å². The van der Waals surface area contributed by atoms with Crippen molar-refractivity contribution in [1.82, 2.24) is 0 Å². The summed E-state index contributed by atoms with van der Waals surface area (Å²) in [4.78, 5) is 0. The van der Waals surface area contributed by atoms with Crippen molar-refractivity contribution in [2.45, 2.75) is 134 Å². The Hall–Kier alpha value is -0.720. The van der Waals surface area contributed by atoms with Gasteiger partial charge in [-0.15, -0.1) is 5.92 Å². The molecule has 206 valence electrons. The summed E-state index contributed by atoms with van der Waals surface area (Å²) in [6.07, 6.45) is 12.6. The lowest BCUT2D eigenvalue weighted by molar-refractivity contribution is -0.203. The lowest BCUT2D eigenvalue weighted by Crippen LogP contribution is -2.43. The van der Waals surface area contributed by atoms with E-state index in [2.05, 4.69) is 25.7 Å². The number of aliphatic hydroxyl groups is 3. The van der Waals surface area contributed by atoms with Crippen LogP contribution in [0.4, 0.5) is 0 Å². The van der Waals surface area contributed by atoms with E-state index in [1.165, 1.54) is 12.8 Å². The van der Waals surface area contributed by atoms with Gasteiger partial charge in [0, 0.05) is 39.2 Å². The molecule has 0 unspecified atom stereocenters. The molecule has 0 aromatic carbocycles. The summed E-state index contributed by atoms with van der Waals surface area (Å²) in [5.41, 5.74) is -1.26. The summed E-state index contributed by atoms with van der Waals surface area (Å²) in [5, 5.41) is 27.7. The van der Waals surface area contributed by atoms with E-state index < -0.39 is 17.0 Å². The highest BCUT2D eigenvalue weighted by Crippen LogP contribution is 2.42. The smallest absolute Gasteiger partial charge is 0.168 e. The molecule has 0 aromatic heterocycles. The van der Waals surface area contributed by atoms with Crippen LogP contribution in [-0.4, -0.2) is 71.6 Å². The predicted molar refractivity (Wildman–Crippen MR) is 138 cm³/mol. The number of rotatable bonds is 5. The van der Waals surface area contributed by atoms with Crippen molar-refractivity contribution in [3.63, 3.8) is 0 Å². The van der Waals surface area contributed by atoms with Crippen molar-refractivity contribution in [1.29, 1.82) is 0 Å². The van der Waals surface area contributed by atoms with Crippen LogP contribution >= 0.6 is 0 Å². The highest BCUT2D eigenvalue weighted by atomic mass is 16.7. The normalized spacial score (nSPS) is 27.5. The van der Waals surface area contributed by atoms with Gasteiger partial charge in [-0.1, -0.05) is 46.5 Å². The number of aliphatic hydroxyl groups excluding tert-OH is 1. The monoisotopic (exact) mass is 500 g/mol. The molecule has 2 heterocycles. The molecule has 3 N–H and O–H groups in total. The zero-order valence-electron chi connectivity index (χ0n) is 21.7. The fourth-order valence-electron chi connectivity index (χ4n) is 5.14. The lowest BCUT2D eigenvalue weighted by Gasteiger charge is -2.40. The Kier molecular flexibility index (Phi) is 14.3. The van der Waals surface area contributed by atoms with Gasteiger partial charge in [-0.05, 0) is 38.5 Å². The molecule has 2 aliphatic carbocycles. The second-order valence-electron chi connectivity index (χ2n) is 9.98. The van der Waals surface area contributed by atoms with Crippen LogP contribution in [0.1, 0.15) is 111 Å². The van der Waals surface area contributed by atoms with Crippen molar-refractivity contribution < 1.29 is 34.3 Å². The molecule has 0 radical (unpaired) electrons. The Morgan fingerprint density at radius 3 is 1.54 bits per heavy atom. The molecule has 0 aromatic rings. The lowest BCUT2D eigenvalue weighted by atomic mass is 9.78. The van der Waals surface area contributed by atoms with E-state index in [4.69, 9.17) is 24.1 Å². The molecule has 7 nitrogen and oxygen atoms in total. The molecule has 0 bridgehead atoms. The van der Waals surface area contributed by atoms with Gasteiger partial charge in [0.15, 0.2) is 11.6 Å². The van der Waals surface area contributed by atoms with Crippen LogP contribution in [0.15, 0.2) is 0 Å². The quantitative estimate of drug-likeness (QED) is 0.372. The highest BCUT2D eigenvalue weighted by molar-refractivity contribution is 5.15. The molecule has 0 atom stereocenters. The van der Waals surface area contributed by atoms with Crippen LogP contribution in [0.25, 0.3) is 0 Å². The molecule has 4 fully saturated rings. The van der Waals surface area contributed by atoms with Crippen LogP contribution in [-0.2, 0) is 18.9 Å². The van der Waals surface area contributed by atoms with Gasteiger partial charge in [0.25, 0.3) is 0 Å². The molecule has 4 rings (SSSR count). The number of hydrogen-bond acceptors (Lipinski definition) is 7. The standard InChI is InChI=1S/C13H24O3.C13H20O3.CH4O.CH4/c2*1-2-3-4-5-12(14)6-8-13(9-7-12)15-10-11-16-13;1-2;/h14H,2-11H2,1H3;14H,2-3,6-11H2,1H3;2H,1H3;1H4. The molecular weight excluding hydrogens is 448 g/mol. The van der Waals surface area contributed by atoms with Crippen LogP contribution in [0, 0.1) is 11.8 Å². The maximum atomic E-state index is 10.4. The Balaban J connectivity index is 0.000000318. The third kappa shape index (κ3) is 9.92. The van der Waals surface area contributed by atoms with E-state index in [0.29, 0.717) is 39.3 Å². The largest absolute Gasteiger partial charge is 0.400 e. The summed E-state index contributed by atoms with van der Waals surface area (Å²) in [6, 6.07) is 0. The summed E-state index contributed by atoms with van der Waals surface area (Å²) in [6.45, 7) is 7.08. The number of unbranched alkanes of at least 4 members (excludes halogenated alkanes) is 3. The minimum Gasteiger partial charge on any atom is -0.400 e. The number of ether oxygens (including phenoxy) is 4. The molecule has 2 saturated heterocycles. The van der Waals surface area contributed by atoms with Crippen molar-refractivity contribution in [2.24, 2.45) is 0 Å². The van der Waals surface area contributed by atoms with Crippen molar-refractivity contribution in [3.8, 4) is 11.8 Å². The molecule has 2 aliphatic heterocycles. The second kappa shape index (κ2) is 15.5. The van der Waals surface area contributed by atoms with Crippen LogP contribution in [0.3, 0.4) is 0 Å². The Morgan fingerprint density at radius 2 is 1.11 bits per heavy atom. The molecule has 2 saturated carbocycles. The van der Waals surface area contributed by atoms with E-state index >= 15 is 0 Å². The predicted octanol–water partition coefficient (Wildman–Crippen LogP) is 4.70. The van der Waals surface area contributed by atoms with Crippen LogP contribution < -0.4 is 0 Å². The average Bonchev–Trinajstić information content (AvgIpc) is 3.52. The Morgan fingerprint density at radius 1 is 0.657 bits per heavy atom. The summed E-state index contributed by atoms with van der Waals surface area (Å²) >= 11 is 0. The van der Waals surface area contributed by atoms with Gasteiger partial charge in [-0.3, -0.25) is 0 Å². The first kappa shape index (κ1) is 32.3. The van der Waals surface area contributed by atoms with Gasteiger partial charge in [-0.2, -0.15) is 0 Å². The highest BCUT2D eigenvalue weighted by Gasteiger charge is 2.46. The summed E-state index contributed by atoms with van der Waals surface area (Å²) in [5.74, 6) is 5.30. The maximum Gasteiger partial charge on any atom is 0.168 e. The topological polar surface area (TPSA) is 97.6 Å². The second-order valence-corrected chi connectivity index (χ2v) is 9.98. The zero-order chi connectivity index (χ0) is 25.0.